The molecule has 0 aliphatic rings. The molecule has 6 heteroatoms. The first-order valence-corrected chi connectivity index (χ1v) is 7.03. The van der Waals surface area contributed by atoms with Crippen molar-refractivity contribution in [3.8, 4) is 11.5 Å². The van der Waals surface area contributed by atoms with E-state index in [0.717, 1.165) is 10.9 Å². The van der Waals surface area contributed by atoms with Crippen LogP contribution in [0.4, 0.5) is 5.69 Å². The number of aromatic nitrogens is 1. The molecule has 0 saturated heterocycles. The van der Waals surface area contributed by atoms with Crippen molar-refractivity contribution in [3.63, 3.8) is 0 Å². The van der Waals surface area contributed by atoms with Crippen molar-refractivity contribution in [2.45, 2.75) is 13.0 Å². The van der Waals surface area contributed by atoms with Crippen molar-refractivity contribution >= 4 is 16.6 Å². The van der Waals surface area contributed by atoms with Crippen LogP contribution < -0.4 is 4.74 Å². The minimum absolute atomic E-state index is 0.0745. The summed E-state index contributed by atoms with van der Waals surface area (Å²) in [5.74, 6) is 0.472. The molecule has 2 aromatic carbocycles. The van der Waals surface area contributed by atoms with E-state index in [1.165, 1.54) is 24.4 Å². The quantitative estimate of drug-likeness (QED) is 0.581. The molecule has 0 spiro atoms. The molecule has 1 heterocycles. The van der Waals surface area contributed by atoms with Gasteiger partial charge in [-0.05, 0) is 36.8 Å². The monoisotopic (exact) mass is 310 g/mol. The molecule has 0 radical (unpaired) electrons. The highest BCUT2D eigenvalue weighted by Gasteiger charge is 2.18. The first kappa shape index (κ1) is 14.9. The number of pyridine rings is 1. The summed E-state index contributed by atoms with van der Waals surface area (Å²) < 4.78 is 5.65. The maximum absolute atomic E-state index is 11.2. The molecule has 0 bridgehead atoms. The van der Waals surface area contributed by atoms with Crippen LogP contribution in [0.5, 0.6) is 11.5 Å². The number of rotatable bonds is 4. The second-order valence-corrected chi connectivity index (χ2v) is 5.13. The van der Waals surface area contributed by atoms with Crippen molar-refractivity contribution in [2.75, 3.05) is 0 Å². The Kier molecular flexibility index (Phi) is 3.91. The van der Waals surface area contributed by atoms with Gasteiger partial charge in [0.2, 0.25) is 5.75 Å². The number of fused-ring (bicyclic) bond motifs is 1. The second kappa shape index (κ2) is 6.02. The highest BCUT2D eigenvalue weighted by atomic mass is 16.6. The number of aliphatic hydroxyl groups is 1. The van der Waals surface area contributed by atoms with Crippen LogP contribution in [0.3, 0.4) is 0 Å². The van der Waals surface area contributed by atoms with Crippen LogP contribution in [-0.2, 0) is 0 Å². The molecule has 6 nitrogen and oxygen atoms in total. The van der Waals surface area contributed by atoms with Gasteiger partial charge in [-0.15, -0.1) is 0 Å². The lowest BCUT2D eigenvalue weighted by molar-refractivity contribution is -0.385. The zero-order valence-electron chi connectivity index (χ0n) is 12.3. The topological polar surface area (TPSA) is 85.5 Å². The van der Waals surface area contributed by atoms with E-state index in [1.54, 1.807) is 13.0 Å². The van der Waals surface area contributed by atoms with E-state index in [0.29, 0.717) is 11.3 Å². The largest absolute Gasteiger partial charge is 0.448 e. The predicted octanol–water partition coefficient (Wildman–Crippen LogP) is 3.99. The standard InChI is InChI=1S/C17H14N2O4/c1-11(20)12-6-7-16(19(21)22)17(9-12)23-14-8-13-4-2-3-5-15(13)18-10-14/h2-11,20H,1H3. The zero-order chi connectivity index (χ0) is 16.4. The Balaban J connectivity index is 2.02. The Morgan fingerprint density at radius 1 is 1.22 bits per heavy atom. The number of ether oxygens (including phenoxy) is 1. The lowest BCUT2D eigenvalue weighted by atomic mass is 10.1. The van der Waals surface area contributed by atoms with Crippen LogP contribution >= 0.6 is 0 Å². The number of nitrogens with zero attached hydrogens (tertiary/aromatic N) is 2. The van der Waals surface area contributed by atoms with Gasteiger partial charge in [0.25, 0.3) is 0 Å². The van der Waals surface area contributed by atoms with Crippen molar-refractivity contribution in [1.29, 1.82) is 0 Å². The molecule has 1 atom stereocenters. The molecule has 0 fully saturated rings. The van der Waals surface area contributed by atoms with Gasteiger partial charge in [0.05, 0.1) is 22.7 Å². The minimum Gasteiger partial charge on any atom is -0.448 e. The van der Waals surface area contributed by atoms with Crippen LogP contribution in [-0.4, -0.2) is 15.0 Å². The smallest absolute Gasteiger partial charge is 0.311 e. The van der Waals surface area contributed by atoms with Crippen LogP contribution in [0.15, 0.2) is 54.7 Å². The third-order valence-electron chi connectivity index (χ3n) is 3.46. The Bertz CT molecular complexity index is 877. The molecular formula is C17H14N2O4. The normalized spacial score (nSPS) is 12.1. The number of aliphatic hydroxyl groups excluding tert-OH is 1. The SMILES string of the molecule is CC(O)c1ccc([N+](=O)[O-])c(Oc2cnc3ccccc3c2)c1. The summed E-state index contributed by atoms with van der Waals surface area (Å²) in [5, 5.41) is 21.7. The fourth-order valence-corrected chi connectivity index (χ4v) is 2.26. The van der Waals surface area contributed by atoms with Gasteiger partial charge in [-0.1, -0.05) is 18.2 Å². The Hall–Kier alpha value is -2.99. The fraction of sp³-hybridized carbons (Fsp3) is 0.118. The van der Waals surface area contributed by atoms with Gasteiger partial charge in [0.1, 0.15) is 5.75 Å². The molecule has 1 unspecified atom stereocenters. The van der Waals surface area contributed by atoms with Crippen molar-refractivity contribution < 1.29 is 14.8 Å². The average molecular weight is 310 g/mol. The first-order valence-electron chi connectivity index (χ1n) is 7.03. The van der Waals surface area contributed by atoms with Crippen molar-refractivity contribution in [1.82, 2.24) is 4.98 Å². The van der Waals surface area contributed by atoms with Crippen molar-refractivity contribution in [3.05, 3.63) is 70.4 Å². The average Bonchev–Trinajstić information content (AvgIpc) is 2.54. The van der Waals surface area contributed by atoms with Gasteiger partial charge in [-0.2, -0.15) is 0 Å². The highest BCUT2D eigenvalue weighted by Crippen LogP contribution is 2.34. The van der Waals surface area contributed by atoms with E-state index in [-0.39, 0.29) is 11.4 Å². The number of nitro groups is 1. The van der Waals surface area contributed by atoms with Crippen LogP contribution in [0.1, 0.15) is 18.6 Å². The summed E-state index contributed by atoms with van der Waals surface area (Å²) in [4.78, 5) is 14.9. The van der Waals surface area contributed by atoms with E-state index in [1.807, 2.05) is 24.3 Å². The van der Waals surface area contributed by atoms with Crippen LogP contribution in [0.2, 0.25) is 0 Å². The molecule has 1 aromatic heterocycles. The third kappa shape index (κ3) is 3.12. The lowest BCUT2D eigenvalue weighted by Crippen LogP contribution is -1.97. The zero-order valence-corrected chi connectivity index (χ0v) is 12.3. The van der Waals surface area contributed by atoms with Crippen molar-refractivity contribution in [2.24, 2.45) is 0 Å². The van der Waals surface area contributed by atoms with E-state index in [4.69, 9.17) is 4.74 Å². The molecular weight excluding hydrogens is 296 g/mol. The summed E-state index contributed by atoms with van der Waals surface area (Å²) in [6.07, 6.45) is 0.772. The van der Waals surface area contributed by atoms with Gasteiger partial charge >= 0.3 is 5.69 Å². The molecule has 0 saturated carbocycles. The Morgan fingerprint density at radius 3 is 2.74 bits per heavy atom. The minimum atomic E-state index is -0.743. The van der Waals surface area contributed by atoms with E-state index in [2.05, 4.69) is 4.98 Å². The first-order chi connectivity index (χ1) is 11.0. The van der Waals surface area contributed by atoms with Crippen LogP contribution in [0.25, 0.3) is 10.9 Å². The molecule has 0 aliphatic heterocycles. The lowest BCUT2D eigenvalue weighted by Gasteiger charge is -2.10. The Morgan fingerprint density at radius 2 is 2.00 bits per heavy atom. The summed E-state index contributed by atoms with van der Waals surface area (Å²) in [6.45, 7) is 1.59. The number of hydrogen-bond donors (Lipinski definition) is 1. The second-order valence-electron chi connectivity index (χ2n) is 5.13. The van der Waals surface area contributed by atoms with Gasteiger partial charge in [0.15, 0.2) is 0 Å². The molecule has 3 rings (SSSR count). The van der Waals surface area contributed by atoms with Gasteiger partial charge in [-0.3, -0.25) is 15.1 Å². The molecule has 0 aliphatic carbocycles. The maximum atomic E-state index is 11.2. The fourth-order valence-electron chi connectivity index (χ4n) is 2.26. The van der Waals surface area contributed by atoms with Gasteiger partial charge in [-0.25, -0.2) is 0 Å². The van der Waals surface area contributed by atoms with Gasteiger partial charge < -0.3 is 9.84 Å². The number of benzene rings is 2. The maximum Gasteiger partial charge on any atom is 0.311 e. The highest BCUT2D eigenvalue weighted by molar-refractivity contribution is 5.79. The van der Waals surface area contributed by atoms with Crippen LogP contribution in [0, 0.1) is 10.1 Å². The van der Waals surface area contributed by atoms with E-state index in [9.17, 15) is 15.2 Å². The number of nitro benzene ring substituents is 1. The molecule has 116 valence electrons. The predicted molar refractivity (Wildman–Crippen MR) is 85.5 cm³/mol. The van der Waals surface area contributed by atoms with E-state index < -0.39 is 11.0 Å². The number of para-hydroxylation sites is 1. The summed E-state index contributed by atoms with van der Waals surface area (Å²) in [6, 6.07) is 13.6. The van der Waals surface area contributed by atoms with E-state index >= 15 is 0 Å². The molecule has 0 amide bonds. The summed E-state index contributed by atoms with van der Waals surface area (Å²) >= 11 is 0. The third-order valence-corrected chi connectivity index (χ3v) is 3.46. The molecule has 3 aromatic rings. The Labute approximate surface area is 132 Å². The number of hydrogen-bond acceptors (Lipinski definition) is 5. The van der Waals surface area contributed by atoms with Gasteiger partial charge in [0, 0.05) is 11.5 Å². The summed E-state index contributed by atoms with van der Waals surface area (Å²) in [7, 11) is 0. The molecule has 1 N–H and O–H groups in total. The summed E-state index contributed by atoms with van der Waals surface area (Å²) in [5.41, 5.74) is 1.19. The molecule has 23 heavy (non-hydrogen) atoms.